The highest BCUT2D eigenvalue weighted by atomic mass is 35.5. The predicted octanol–water partition coefficient (Wildman–Crippen LogP) is 6.08. The van der Waals surface area contributed by atoms with E-state index in [0.717, 1.165) is 24.9 Å². The monoisotopic (exact) mass is 442 g/mol. The lowest BCUT2D eigenvalue weighted by molar-refractivity contribution is 0.0985. The Morgan fingerprint density at radius 3 is 2.77 bits per heavy atom. The van der Waals surface area contributed by atoms with Gasteiger partial charge in [-0.2, -0.15) is 0 Å². The van der Waals surface area contributed by atoms with E-state index in [1.807, 2.05) is 11.4 Å². The number of anilines is 2. The van der Waals surface area contributed by atoms with Crippen molar-refractivity contribution in [3.8, 4) is 0 Å². The van der Waals surface area contributed by atoms with E-state index in [0.29, 0.717) is 23.4 Å². The SMILES string of the molecule is Cc1ccc(F)cc1C(=O)Nc1ccc(C(=O)N2CCCCc3sccc32)cc1Cl. The minimum atomic E-state index is -0.483. The van der Waals surface area contributed by atoms with Gasteiger partial charge in [-0.25, -0.2) is 4.39 Å². The zero-order valence-corrected chi connectivity index (χ0v) is 17.9. The number of amides is 2. The lowest BCUT2D eigenvalue weighted by atomic mass is 10.1. The second-order valence-electron chi connectivity index (χ2n) is 7.25. The summed E-state index contributed by atoms with van der Waals surface area (Å²) in [7, 11) is 0. The highest BCUT2D eigenvalue weighted by Gasteiger charge is 2.24. The maximum Gasteiger partial charge on any atom is 0.258 e. The van der Waals surface area contributed by atoms with Gasteiger partial charge < -0.3 is 10.2 Å². The van der Waals surface area contributed by atoms with Crippen LogP contribution in [0.1, 0.15) is 44.0 Å². The number of fused-ring (bicyclic) bond motifs is 1. The molecule has 1 aliphatic heterocycles. The molecule has 0 fully saturated rings. The van der Waals surface area contributed by atoms with E-state index in [4.69, 9.17) is 11.6 Å². The molecule has 2 heterocycles. The number of benzene rings is 2. The fourth-order valence-electron chi connectivity index (χ4n) is 3.58. The maximum absolute atomic E-state index is 13.5. The van der Waals surface area contributed by atoms with E-state index >= 15 is 0 Å². The maximum atomic E-state index is 13.5. The largest absolute Gasteiger partial charge is 0.321 e. The van der Waals surface area contributed by atoms with Crippen molar-refractivity contribution in [3.63, 3.8) is 0 Å². The number of carbonyl (C=O) groups excluding carboxylic acids is 2. The van der Waals surface area contributed by atoms with Crippen LogP contribution in [0.3, 0.4) is 0 Å². The van der Waals surface area contributed by atoms with Gasteiger partial charge in [0.05, 0.1) is 16.4 Å². The lowest BCUT2D eigenvalue weighted by Crippen LogP contribution is -2.31. The number of halogens is 2. The van der Waals surface area contributed by atoms with E-state index in [1.165, 1.54) is 17.0 Å². The Bertz CT molecular complexity index is 1130. The number of aryl methyl sites for hydroxylation is 2. The Labute approximate surface area is 183 Å². The van der Waals surface area contributed by atoms with E-state index in [1.54, 1.807) is 47.4 Å². The van der Waals surface area contributed by atoms with E-state index in [2.05, 4.69) is 5.32 Å². The van der Waals surface area contributed by atoms with Gasteiger partial charge in [-0.3, -0.25) is 9.59 Å². The summed E-state index contributed by atoms with van der Waals surface area (Å²) >= 11 is 8.04. The Kier molecular flexibility index (Phi) is 5.88. The average molecular weight is 443 g/mol. The van der Waals surface area contributed by atoms with Crippen molar-refractivity contribution in [2.45, 2.75) is 26.2 Å². The molecule has 3 aromatic rings. The molecule has 1 aromatic heterocycles. The first-order chi connectivity index (χ1) is 14.4. The van der Waals surface area contributed by atoms with E-state index in [9.17, 15) is 14.0 Å². The summed E-state index contributed by atoms with van der Waals surface area (Å²) in [6.07, 6.45) is 2.99. The number of carbonyl (C=O) groups is 2. The number of hydrogen-bond donors (Lipinski definition) is 1. The topological polar surface area (TPSA) is 49.4 Å². The third kappa shape index (κ3) is 4.11. The molecule has 4 nitrogen and oxygen atoms in total. The van der Waals surface area contributed by atoms with Gasteiger partial charge >= 0.3 is 0 Å². The fourth-order valence-corrected chi connectivity index (χ4v) is 4.73. The molecule has 0 saturated heterocycles. The predicted molar refractivity (Wildman–Crippen MR) is 119 cm³/mol. The van der Waals surface area contributed by atoms with Crippen molar-refractivity contribution in [2.75, 3.05) is 16.8 Å². The Morgan fingerprint density at radius 2 is 1.97 bits per heavy atom. The minimum absolute atomic E-state index is 0.114. The van der Waals surface area contributed by atoms with Crippen molar-refractivity contribution < 1.29 is 14.0 Å². The molecular formula is C23H20ClFN2O2S. The molecule has 2 aromatic carbocycles. The van der Waals surface area contributed by atoms with Gasteiger partial charge in [0.25, 0.3) is 11.8 Å². The van der Waals surface area contributed by atoms with Gasteiger partial charge in [-0.05, 0) is 73.5 Å². The fraction of sp³-hybridized carbons (Fsp3) is 0.217. The first-order valence-corrected chi connectivity index (χ1v) is 10.9. The number of thiophene rings is 1. The van der Waals surface area contributed by atoms with E-state index < -0.39 is 11.7 Å². The van der Waals surface area contributed by atoms with Crippen molar-refractivity contribution in [1.82, 2.24) is 0 Å². The summed E-state index contributed by atoms with van der Waals surface area (Å²) in [5.41, 5.74) is 2.69. The summed E-state index contributed by atoms with van der Waals surface area (Å²) in [5.74, 6) is -1.05. The zero-order valence-electron chi connectivity index (χ0n) is 16.4. The van der Waals surface area contributed by atoms with Crippen LogP contribution in [0.5, 0.6) is 0 Å². The summed E-state index contributed by atoms with van der Waals surface area (Å²) in [6, 6.07) is 10.9. The van der Waals surface area contributed by atoms with Crippen LogP contribution in [0.2, 0.25) is 5.02 Å². The number of nitrogens with one attached hydrogen (secondary N) is 1. The molecule has 0 unspecified atom stereocenters. The van der Waals surface area contributed by atoms with Gasteiger partial charge in [0.15, 0.2) is 0 Å². The first-order valence-electron chi connectivity index (χ1n) is 9.69. The van der Waals surface area contributed by atoms with Gasteiger partial charge in [0, 0.05) is 22.5 Å². The molecule has 0 radical (unpaired) electrons. The lowest BCUT2D eigenvalue weighted by Gasteiger charge is -2.21. The molecule has 30 heavy (non-hydrogen) atoms. The van der Waals surface area contributed by atoms with Crippen LogP contribution in [0.15, 0.2) is 47.8 Å². The van der Waals surface area contributed by atoms with Gasteiger partial charge in [0.2, 0.25) is 0 Å². The summed E-state index contributed by atoms with van der Waals surface area (Å²) < 4.78 is 13.5. The summed E-state index contributed by atoms with van der Waals surface area (Å²) in [4.78, 5) is 28.7. The molecule has 1 N–H and O–H groups in total. The third-order valence-electron chi connectivity index (χ3n) is 5.20. The Hall–Kier alpha value is -2.70. The molecular weight excluding hydrogens is 423 g/mol. The van der Waals surface area contributed by atoms with Crippen LogP contribution in [-0.4, -0.2) is 18.4 Å². The summed E-state index contributed by atoms with van der Waals surface area (Å²) in [5, 5.41) is 4.96. The zero-order chi connectivity index (χ0) is 21.3. The van der Waals surface area contributed by atoms with Crippen molar-refractivity contribution in [1.29, 1.82) is 0 Å². The number of hydrogen-bond acceptors (Lipinski definition) is 3. The number of nitrogens with zero attached hydrogens (tertiary/aromatic N) is 1. The molecule has 0 aliphatic carbocycles. The molecule has 7 heteroatoms. The Morgan fingerprint density at radius 1 is 1.13 bits per heavy atom. The second kappa shape index (κ2) is 8.58. The molecule has 4 rings (SSSR count). The van der Waals surface area contributed by atoms with Gasteiger partial charge in [0.1, 0.15) is 5.82 Å². The molecule has 2 amide bonds. The standard InChI is InChI=1S/C23H20ClFN2O2S/c1-14-5-7-16(25)13-17(14)22(28)26-19-8-6-15(12-18(19)24)23(29)27-10-3-2-4-21-20(27)9-11-30-21/h5-9,11-13H,2-4,10H2,1H3,(H,26,28). The molecule has 0 spiro atoms. The van der Waals surface area contributed by atoms with Crippen molar-refractivity contribution in [2.24, 2.45) is 0 Å². The normalized spacial score (nSPS) is 13.5. The molecule has 1 aliphatic rings. The highest BCUT2D eigenvalue weighted by Crippen LogP contribution is 2.33. The number of rotatable bonds is 3. The van der Waals surface area contributed by atoms with Crippen LogP contribution in [0.4, 0.5) is 15.8 Å². The third-order valence-corrected chi connectivity index (χ3v) is 6.48. The van der Waals surface area contributed by atoms with Crippen molar-refractivity contribution >= 4 is 46.1 Å². The smallest absolute Gasteiger partial charge is 0.258 e. The van der Waals surface area contributed by atoms with Gasteiger partial charge in [-0.1, -0.05) is 17.7 Å². The molecule has 0 atom stereocenters. The van der Waals surface area contributed by atoms with Crippen LogP contribution in [-0.2, 0) is 6.42 Å². The van der Waals surface area contributed by atoms with Gasteiger partial charge in [-0.15, -0.1) is 11.3 Å². The first kappa shape index (κ1) is 20.6. The Balaban J connectivity index is 1.56. The molecule has 154 valence electrons. The second-order valence-corrected chi connectivity index (χ2v) is 8.66. The average Bonchev–Trinajstić information content (AvgIpc) is 3.10. The van der Waals surface area contributed by atoms with Crippen molar-refractivity contribution in [3.05, 3.63) is 80.3 Å². The summed E-state index contributed by atoms with van der Waals surface area (Å²) in [6.45, 7) is 2.40. The van der Waals surface area contributed by atoms with Crippen LogP contribution < -0.4 is 10.2 Å². The quantitative estimate of drug-likeness (QED) is 0.534. The minimum Gasteiger partial charge on any atom is -0.321 e. The van der Waals surface area contributed by atoms with Crippen LogP contribution in [0, 0.1) is 12.7 Å². The highest BCUT2D eigenvalue weighted by molar-refractivity contribution is 7.10. The van der Waals surface area contributed by atoms with Crippen LogP contribution >= 0.6 is 22.9 Å². The molecule has 0 bridgehead atoms. The van der Waals surface area contributed by atoms with E-state index in [-0.39, 0.29) is 16.5 Å². The van der Waals surface area contributed by atoms with Crippen LogP contribution in [0.25, 0.3) is 0 Å². The molecule has 0 saturated carbocycles.